The number of phenolic OH excluding ortho intramolecular Hbond substituents is 1. The van der Waals surface area contributed by atoms with E-state index in [4.69, 9.17) is 0 Å². The van der Waals surface area contributed by atoms with E-state index < -0.39 is 0 Å². The van der Waals surface area contributed by atoms with Crippen molar-refractivity contribution in [2.45, 2.75) is 26.3 Å². The van der Waals surface area contributed by atoms with Crippen molar-refractivity contribution in [1.29, 1.82) is 0 Å². The number of hydrogen-bond donors (Lipinski definition) is 1. The summed E-state index contributed by atoms with van der Waals surface area (Å²) in [5, 5.41) is 9.22. The second-order valence-electron chi connectivity index (χ2n) is 4.85. The van der Waals surface area contributed by atoms with Crippen LogP contribution in [0.1, 0.15) is 25.3 Å². The van der Waals surface area contributed by atoms with Crippen molar-refractivity contribution >= 4 is 5.78 Å². The van der Waals surface area contributed by atoms with Crippen LogP contribution in [-0.4, -0.2) is 28.9 Å². The van der Waals surface area contributed by atoms with E-state index in [-0.39, 0.29) is 5.92 Å². The monoisotopic (exact) mass is 233 g/mol. The highest BCUT2D eigenvalue weighted by Gasteiger charge is 2.22. The number of aromatic hydroxyl groups is 1. The van der Waals surface area contributed by atoms with E-state index in [1.807, 2.05) is 12.1 Å². The lowest BCUT2D eigenvalue weighted by molar-refractivity contribution is -0.122. The first-order chi connectivity index (χ1) is 8.15. The third kappa shape index (κ3) is 3.30. The van der Waals surface area contributed by atoms with E-state index in [1.54, 1.807) is 19.1 Å². The molecule has 1 N–H and O–H groups in total. The van der Waals surface area contributed by atoms with E-state index in [0.29, 0.717) is 11.5 Å². The number of nitrogens with zero attached hydrogens (tertiary/aromatic N) is 1. The van der Waals surface area contributed by atoms with Crippen molar-refractivity contribution in [1.82, 2.24) is 4.90 Å². The maximum atomic E-state index is 11.4. The Morgan fingerprint density at radius 2 is 2.12 bits per heavy atom. The highest BCUT2D eigenvalue weighted by atomic mass is 16.3. The SMILES string of the molecule is CC(=O)C1CCCN(Cc2ccc(O)cc2)C1. The summed E-state index contributed by atoms with van der Waals surface area (Å²) >= 11 is 0. The number of piperidine rings is 1. The molecule has 3 nitrogen and oxygen atoms in total. The van der Waals surface area contributed by atoms with Crippen LogP contribution in [0.2, 0.25) is 0 Å². The van der Waals surface area contributed by atoms with Crippen LogP contribution in [0.3, 0.4) is 0 Å². The third-order valence-electron chi connectivity index (χ3n) is 3.42. The largest absolute Gasteiger partial charge is 0.508 e. The normalized spacial score (nSPS) is 21.4. The highest BCUT2D eigenvalue weighted by molar-refractivity contribution is 5.78. The van der Waals surface area contributed by atoms with Gasteiger partial charge in [-0.2, -0.15) is 0 Å². The summed E-state index contributed by atoms with van der Waals surface area (Å²) in [7, 11) is 0. The molecule has 1 heterocycles. The van der Waals surface area contributed by atoms with E-state index in [1.165, 1.54) is 5.56 Å². The Balaban J connectivity index is 1.94. The second-order valence-corrected chi connectivity index (χ2v) is 4.85. The smallest absolute Gasteiger partial charge is 0.134 e. The number of carbonyl (C=O) groups is 1. The number of carbonyl (C=O) groups excluding carboxylic acids is 1. The number of benzene rings is 1. The van der Waals surface area contributed by atoms with Crippen LogP contribution < -0.4 is 0 Å². The van der Waals surface area contributed by atoms with Gasteiger partial charge in [0.25, 0.3) is 0 Å². The minimum absolute atomic E-state index is 0.209. The van der Waals surface area contributed by atoms with Gasteiger partial charge in [0.2, 0.25) is 0 Å². The molecule has 0 aliphatic carbocycles. The molecule has 1 aliphatic rings. The van der Waals surface area contributed by atoms with Crippen LogP contribution in [0.25, 0.3) is 0 Å². The Hall–Kier alpha value is -1.35. The number of Topliss-reactive ketones (excluding diaryl/α,β-unsaturated/α-hetero) is 1. The average Bonchev–Trinajstić information content (AvgIpc) is 2.32. The van der Waals surface area contributed by atoms with Crippen molar-refractivity contribution in [3.63, 3.8) is 0 Å². The summed E-state index contributed by atoms with van der Waals surface area (Å²) in [6, 6.07) is 7.29. The van der Waals surface area contributed by atoms with Crippen LogP contribution in [0.4, 0.5) is 0 Å². The number of likely N-dealkylation sites (tertiary alicyclic amines) is 1. The number of phenols is 1. The Kier molecular flexibility index (Phi) is 3.79. The summed E-state index contributed by atoms with van der Waals surface area (Å²) in [6.45, 7) is 4.49. The van der Waals surface area contributed by atoms with Crippen LogP contribution in [0.15, 0.2) is 24.3 Å². The fourth-order valence-corrected chi connectivity index (χ4v) is 2.39. The molecule has 1 aromatic carbocycles. The van der Waals surface area contributed by atoms with Crippen LogP contribution in [0.5, 0.6) is 5.75 Å². The molecule has 1 saturated heterocycles. The molecular formula is C14H19NO2. The van der Waals surface area contributed by atoms with Gasteiger partial charge in [0.1, 0.15) is 11.5 Å². The topological polar surface area (TPSA) is 40.5 Å². The molecule has 0 saturated carbocycles. The molecule has 1 aromatic rings. The van der Waals surface area contributed by atoms with E-state index in [0.717, 1.165) is 32.5 Å². The van der Waals surface area contributed by atoms with Crippen molar-refractivity contribution in [2.24, 2.45) is 5.92 Å². The third-order valence-corrected chi connectivity index (χ3v) is 3.42. The number of rotatable bonds is 3. The molecule has 3 heteroatoms. The van der Waals surface area contributed by atoms with Crippen molar-refractivity contribution in [3.8, 4) is 5.75 Å². The second kappa shape index (κ2) is 5.32. The van der Waals surface area contributed by atoms with Gasteiger partial charge >= 0.3 is 0 Å². The standard InChI is InChI=1S/C14H19NO2/c1-11(16)13-3-2-8-15(10-13)9-12-4-6-14(17)7-5-12/h4-7,13,17H,2-3,8-10H2,1H3. The molecule has 92 valence electrons. The lowest BCUT2D eigenvalue weighted by Crippen LogP contribution is -2.37. The van der Waals surface area contributed by atoms with Gasteiger partial charge in [-0.25, -0.2) is 0 Å². The van der Waals surface area contributed by atoms with Gasteiger partial charge in [0, 0.05) is 19.0 Å². The van der Waals surface area contributed by atoms with E-state index in [9.17, 15) is 9.90 Å². The first kappa shape index (κ1) is 12.1. The molecule has 0 radical (unpaired) electrons. The van der Waals surface area contributed by atoms with Gasteiger partial charge in [-0.15, -0.1) is 0 Å². The summed E-state index contributed by atoms with van der Waals surface area (Å²) in [6.07, 6.45) is 2.13. The molecular weight excluding hydrogens is 214 g/mol. The van der Waals surface area contributed by atoms with E-state index in [2.05, 4.69) is 4.90 Å². The van der Waals surface area contributed by atoms with Crippen LogP contribution in [0, 0.1) is 5.92 Å². The van der Waals surface area contributed by atoms with Crippen LogP contribution in [-0.2, 0) is 11.3 Å². The molecule has 1 fully saturated rings. The molecule has 1 atom stereocenters. The zero-order valence-corrected chi connectivity index (χ0v) is 10.2. The fourth-order valence-electron chi connectivity index (χ4n) is 2.39. The summed E-state index contributed by atoms with van der Waals surface area (Å²) in [5.41, 5.74) is 1.19. The van der Waals surface area contributed by atoms with Gasteiger partial charge < -0.3 is 5.11 Å². The Morgan fingerprint density at radius 1 is 1.41 bits per heavy atom. The molecule has 1 unspecified atom stereocenters. The van der Waals surface area contributed by atoms with Gasteiger partial charge in [0.05, 0.1) is 0 Å². The first-order valence-electron chi connectivity index (χ1n) is 6.16. The number of ketones is 1. The van der Waals surface area contributed by atoms with Gasteiger partial charge in [-0.3, -0.25) is 9.69 Å². The summed E-state index contributed by atoms with van der Waals surface area (Å²) in [4.78, 5) is 13.7. The summed E-state index contributed by atoms with van der Waals surface area (Å²) in [5.74, 6) is 0.815. The zero-order valence-electron chi connectivity index (χ0n) is 10.2. The van der Waals surface area contributed by atoms with Gasteiger partial charge in [-0.1, -0.05) is 12.1 Å². The van der Waals surface area contributed by atoms with Crippen LogP contribution >= 0.6 is 0 Å². The van der Waals surface area contributed by atoms with Crippen molar-refractivity contribution in [2.75, 3.05) is 13.1 Å². The van der Waals surface area contributed by atoms with Gasteiger partial charge in [-0.05, 0) is 44.0 Å². The quantitative estimate of drug-likeness (QED) is 0.870. The Morgan fingerprint density at radius 3 is 2.76 bits per heavy atom. The van der Waals surface area contributed by atoms with Gasteiger partial charge in [0.15, 0.2) is 0 Å². The molecule has 0 spiro atoms. The molecule has 1 aliphatic heterocycles. The predicted molar refractivity (Wildman–Crippen MR) is 66.8 cm³/mol. The molecule has 2 rings (SSSR count). The Bertz CT molecular complexity index is 386. The lowest BCUT2D eigenvalue weighted by Gasteiger charge is -2.31. The molecule has 17 heavy (non-hydrogen) atoms. The molecule has 0 amide bonds. The first-order valence-corrected chi connectivity index (χ1v) is 6.16. The van der Waals surface area contributed by atoms with Crippen molar-refractivity contribution in [3.05, 3.63) is 29.8 Å². The lowest BCUT2D eigenvalue weighted by atomic mass is 9.94. The minimum Gasteiger partial charge on any atom is -0.508 e. The predicted octanol–water partition coefficient (Wildman–Crippen LogP) is 2.19. The molecule has 0 aromatic heterocycles. The van der Waals surface area contributed by atoms with Crippen molar-refractivity contribution < 1.29 is 9.90 Å². The highest BCUT2D eigenvalue weighted by Crippen LogP contribution is 2.20. The van der Waals surface area contributed by atoms with E-state index >= 15 is 0 Å². The Labute approximate surface area is 102 Å². The summed E-state index contributed by atoms with van der Waals surface area (Å²) < 4.78 is 0. The zero-order chi connectivity index (χ0) is 12.3. The molecule has 0 bridgehead atoms. The maximum absolute atomic E-state index is 11.4. The number of hydrogen-bond acceptors (Lipinski definition) is 3. The maximum Gasteiger partial charge on any atom is 0.134 e. The fraction of sp³-hybridized carbons (Fsp3) is 0.500. The average molecular weight is 233 g/mol. The minimum atomic E-state index is 0.209.